The molecule has 0 radical (unpaired) electrons. The summed E-state index contributed by atoms with van der Waals surface area (Å²) in [4.78, 5) is 28.1. The topological polar surface area (TPSA) is 58.6 Å². The molecule has 1 N–H and O–H groups in total. The molecular weight excluding hydrogens is 436 g/mol. The van der Waals surface area contributed by atoms with Gasteiger partial charge in [0.1, 0.15) is 11.8 Å². The van der Waals surface area contributed by atoms with E-state index in [-0.39, 0.29) is 25.0 Å². The molecule has 3 aromatic rings. The van der Waals surface area contributed by atoms with Crippen molar-refractivity contribution in [2.45, 2.75) is 32.9 Å². The quantitative estimate of drug-likeness (QED) is 0.468. The standard InChI is InChI=1S/C27H29ClN2O3/c1-3-29-27(32)24(17-21-11-5-4-6-12-21)30(18-22-13-9-14-23(28)16-22)26(31)19-33-25-15-8-7-10-20(25)2/h4-16,24H,3,17-19H2,1-2H3,(H,29,32)/t24-/m0/s1. The molecule has 1 atom stereocenters. The van der Waals surface area contributed by atoms with E-state index in [1.54, 1.807) is 17.0 Å². The normalized spacial score (nSPS) is 11.5. The smallest absolute Gasteiger partial charge is 0.261 e. The highest BCUT2D eigenvalue weighted by molar-refractivity contribution is 6.30. The number of rotatable bonds is 10. The Balaban J connectivity index is 1.90. The van der Waals surface area contributed by atoms with Crippen molar-refractivity contribution in [3.8, 4) is 5.75 Å². The fourth-order valence-electron chi connectivity index (χ4n) is 3.62. The number of para-hydroxylation sites is 1. The molecule has 2 amide bonds. The molecule has 0 saturated heterocycles. The van der Waals surface area contributed by atoms with Gasteiger partial charge in [0, 0.05) is 24.5 Å². The monoisotopic (exact) mass is 464 g/mol. The van der Waals surface area contributed by atoms with Crippen LogP contribution in [0.5, 0.6) is 5.75 Å². The zero-order chi connectivity index (χ0) is 23.6. The molecule has 0 spiro atoms. The highest BCUT2D eigenvalue weighted by Crippen LogP contribution is 2.19. The van der Waals surface area contributed by atoms with Gasteiger partial charge in [-0.1, -0.05) is 72.3 Å². The zero-order valence-corrected chi connectivity index (χ0v) is 19.7. The number of hydrogen-bond donors (Lipinski definition) is 1. The molecule has 0 aliphatic rings. The third kappa shape index (κ3) is 7.09. The van der Waals surface area contributed by atoms with Gasteiger partial charge >= 0.3 is 0 Å². The molecule has 5 nitrogen and oxygen atoms in total. The van der Waals surface area contributed by atoms with Gasteiger partial charge in [-0.25, -0.2) is 0 Å². The van der Waals surface area contributed by atoms with Crippen LogP contribution in [0, 0.1) is 6.92 Å². The summed E-state index contributed by atoms with van der Waals surface area (Å²) < 4.78 is 5.83. The second-order valence-corrected chi connectivity index (χ2v) is 8.24. The summed E-state index contributed by atoms with van der Waals surface area (Å²) in [6.07, 6.45) is 0.392. The molecule has 0 aliphatic heterocycles. The maximum Gasteiger partial charge on any atom is 0.261 e. The Bertz CT molecular complexity index is 1070. The van der Waals surface area contributed by atoms with Crippen LogP contribution in [0.25, 0.3) is 0 Å². The molecule has 0 fully saturated rings. The van der Waals surface area contributed by atoms with Gasteiger partial charge in [-0.15, -0.1) is 0 Å². The summed E-state index contributed by atoms with van der Waals surface area (Å²) in [7, 11) is 0. The Hall–Kier alpha value is -3.31. The van der Waals surface area contributed by atoms with Gasteiger partial charge in [-0.2, -0.15) is 0 Å². The summed E-state index contributed by atoms with van der Waals surface area (Å²) in [5.74, 6) is 0.171. The van der Waals surface area contributed by atoms with Crippen LogP contribution in [0.1, 0.15) is 23.6 Å². The van der Waals surface area contributed by atoms with Crippen LogP contribution >= 0.6 is 11.6 Å². The van der Waals surface area contributed by atoms with E-state index in [0.717, 1.165) is 16.7 Å². The molecular formula is C27H29ClN2O3. The fraction of sp³-hybridized carbons (Fsp3) is 0.259. The van der Waals surface area contributed by atoms with Gasteiger partial charge in [0.25, 0.3) is 5.91 Å². The largest absolute Gasteiger partial charge is 0.484 e. The van der Waals surface area contributed by atoms with Crippen molar-refractivity contribution in [1.82, 2.24) is 10.2 Å². The minimum atomic E-state index is -0.695. The highest BCUT2D eigenvalue weighted by Gasteiger charge is 2.30. The molecule has 0 saturated carbocycles. The molecule has 0 bridgehead atoms. The third-order valence-electron chi connectivity index (χ3n) is 5.31. The molecule has 172 valence electrons. The lowest BCUT2D eigenvalue weighted by atomic mass is 10.0. The van der Waals surface area contributed by atoms with Gasteiger partial charge in [0.2, 0.25) is 5.91 Å². The number of aryl methyl sites for hydroxylation is 1. The Morgan fingerprint density at radius 3 is 2.36 bits per heavy atom. The van der Waals surface area contributed by atoms with E-state index in [1.165, 1.54) is 0 Å². The van der Waals surface area contributed by atoms with Gasteiger partial charge in [-0.05, 0) is 48.7 Å². The lowest BCUT2D eigenvalue weighted by molar-refractivity contribution is -0.142. The lowest BCUT2D eigenvalue weighted by Crippen LogP contribution is -2.51. The van der Waals surface area contributed by atoms with Gasteiger partial charge in [0.15, 0.2) is 6.61 Å². The Morgan fingerprint density at radius 1 is 0.970 bits per heavy atom. The van der Waals surface area contributed by atoms with E-state index >= 15 is 0 Å². The first kappa shape index (κ1) is 24.3. The second-order valence-electron chi connectivity index (χ2n) is 7.81. The fourth-order valence-corrected chi connectivity index (χ4v) is 3.83. The summed E-state index contributed by atoms with van der Waals surface area (Å²) in [5, 5.41) is 3.46. The van der Waals surface area contributed by atoms with Crippen molar-refractivity contribution < 1.29 is 14.3 Å². The number of nitrogens with one attached hydrogen (secondary N) is 1. The molecule has 3 aromatic carbocycles. The van der Waals surface area contributed by atoms with Crippen LogP contribution in [0.4, 0.5) is 0 Å². The average Bonchev–Trinajstić information content (AvgIpc) is 2.81. The third-order valence-corrected chi connectivity index (χ3v) is 5.54. The number of nitrogens with zero attached hydrogens (tertiary/aromatic N) is 1. The number of carbonyl (C=O) groups excluding carboxylic acids is 2. The first-order chi connectivity index (χ1) is 16.0. The van der Waals surface area contributed by atoms with E-state index in [9.17, 15) is 9.59 Å². The molecule has 3 rings (SSSR count). The van der Waals surface area contributed by atoms with Crippen molar-refractivity contribution in [2.75, 3.05) is 13.2 Å². The van der Waals surface area contributed by atoms with Crippen molar-refractivity contribution in [1.29, 1.82) is 0 Å². The van der Waals surface area contributed by atoms with Gasteiger partial charge in [-0.3, -0.25) is 9.59 Å². The summed E-state index contributed by atoms with van der Waals surface area (Å²) in [6.45, 7) is 4.34. The van der Waals surface area contributed by atoms with Crippen LogP contribution in [0.15, 0.2) is 78.9 Å². The van der Waals surface area contributed by atoms with Crippen molar-refractivity contribution >= 4 is 23.4 Å². The van der Waals surface area contributed by atoms with Gasteiger partial charge < -0.3 is 15.0 Å². The molecule has 6 heteroatoms. The number of halogens is 1. The van der Waals surface area contributed by atoms with Crippen LogP contribution in [-0.2, 0) is 22.6 Å². The first-order valence-electron chi connectivity index (χ1n) is 11.0. The zero-order valence-electron chi connectivity index (χ0n) is 19.0. The number of likely N-dealkylation sites (N-methyl/N-ethyl adjacent to an activating group) is 1. The number of benzene rings is 3. The summed E-state index contributed by atoms with van der Waals surface area (Å²) in [5.41, 5.74) is 2.75. The van der Waals surface area contributed by atoms with Crippen LogP contribution < -0.4 is 10.1 Å². The minimum Gasteiger partial charge on any atom is -0.484 e. The number of ether oxygens (including phenoxy) is 1. The van der Waals surface area contributed by atoms with E-state index in [2.05, 4.69) is 5.32 Å². The minimum absolute atomic E-state index is 0.171. The molecule has 0 heterocycles. The molecule has 0 aromatic heterocycles. The van der Waals surface area contributed by atoms with Crippen LogP contribution in [-0.4, -0.2) is 35.9 Å². The Kier molecular flexibility index (Phi) is 8.90. The maximum absolute atomic E-state index is 13.4. The maximum atomic E-state index is 13.4. The van der Waals surface area contributed by atoms with E-state index < -0.39 is 6.04 Å². The van der Waals surface area contributed by atoms with E-state index in [1.807, 2.05) is 80.6 Å². The Labute approximate surface area is 200 Å². The molecule has 0 aliphatic carbocycles. The Morgan fingerprint density at radius 2 is 1.67 bits per heavy atom. The van der Waals surface area contributed by atoms with E-state index in [4.69, 9.17) is 16.3 Å². The predicted octanol–water partition coefficient (Wildman–Crippen LogP) is 4.80. The van der Waals surface area contributed by atoms with Crippen molar-refractivity contribution in [3.63, 3.8) is 0 Å². The SMILES string of the molecule is CCNC(=O)[C@H](Cc1ccccc1)N(Cc1cccc(Cl)c1)C(=O)COc1ccccc1C. The van der Waals surface area contributed by atoms with Crippen molar-refractivity contribution in [3.05, 3.63) is 101 Å². The van der Waals surface area contributed by atoms with Crippen molar-refractivity contribution in [2.24, 2.45) is 0 Å². The van der Waals surface area contributed by atoms with Crippen LogP contribution in [0.2, 0.25) is 5.02 Å². The van der Waals surface area contributed by atoms with Crippen LogP contribution in [0.3, 0.4) is 0 Å². The summed E-state index contributed by atoms with van der Waals surface area (Å²) >= 11 is 6.18. The van der Waals surface area contributed by atoms with E-state index in [0.29, 0.717) is 23.7 Å². The number of amides is 2. The highest BCUT2D eigenvalue weighted by atomic mass is 35.5. The number of hydrogen-bond acceptors (Lipinski definition) is 3. The van der Waals surface area contributed by atoms with Gasteiger partial charge in [0.05, 0.1) is 0 Å². The first-order valence-corrected chi connectivity index (χ1v) is 11.4. The second kappa shape index (κ2) is 12.1. The summed E-state index contributed by atoms with van der Waals surface area (Å²) in [6, 6.07) is 23.9. The lowest BCUT2D eigenvalue weighted by Gasteiger charge is -2.31. The number of carbonyl (C=O) groups is 2. The molecule has 0 unspecified atom stereocenters. The molecule has 33 heavy (non-hydrogen) atoms. The predicted molar refractivity (Wildman–Crippen MR) is 131 cm³/mol. The average molecular weight is 465 g/mol.